The minimum absolute atomic E-state index is 0.261. The lowest BCUT2D eigenvalue weighted by Crippen LogP contribution is -2.36. The largest absolute Gasteiger partial charge is 0.469 e. The maximum Gasteiger partial charge on any atom is 0.307 e. The Morgan fingerprint density at radius 2 is 2.03 bits per heavy atom. The first-order valence-electron chi connectivity index (χ1n) is 10.0. The molecule has 0 aliphatic heterocycles. The molecule has 1 aromatic carbocycles. The highest BCUT2D eigenvalue weighted by molar-refractivity contribution is 7.87. The molecule has 0 saturated heterocycles. The number of nitrogens with zero attached hydrogens (tertiary/aromatic N) is 3. The van der Waals surface area contributed by atoms with E-state index in [-0.39, 0.29) is 12.4 Å². The quantitative estimate of drug-likeness (QED) is 0.484. The first kappa shape index (κ1) is 22.9. The number of nitrogens with one attached hydrogen (secondary N) is 1. The van der Waals surface area contributed by atoms with Crippen LogP contribution < -0.4 is 4.72 Å². The predicted octanol–water partition coefficient (Wildman–Crippen LogP) is 2.13. The molecular weight excluding hydrogens is 416 g/mol. The summed E-state index contributed by atoms with van der Waals surface area (Å²) in [7, 11) is 0.912. The van der Waals surface area contributed by atoms with E-state index in [1.807, 2.05) is 36.5 Å². The van der Waals surface area contributed by atoms with Crippen LogP contribution in [0.4, 0.5) is 0 Å². The van der Waals surface area contributed by atoms with E-state index in [9.17, 15) is 13.2 Å². The monoisotopic (exact) mass is 444 g/mol. The van der Waals surface area contributed by atoms with E-state index in [2.05, 4.69) is 20.3 Å². The van der Waals surface area contributed by atoms with Gasteiger partial charge in [0.15, 0.2) is 0 Å². The van der Waals surface area contributed by atoms with Gasteiger partial charge in [-0.2, -0.15) is 12.7 Å². The zero-order chi connectivity index (χ0) is 22.4. The number of pyridine rings is 1. The van der Waals surface area contributed by atoms with Crippen LogP contribution in [0.3, 0.4) is 0 Å². The highest BCUT2D eigenvalue weighted by Gasteiger charge is 2.15. The molecule has 8 nitrogen and oxygen atoms in total. The number of aryl methyl sites for hydroxylation is 1. The second-order valence-electron chi connectivity index (χ2n) is 7.43. The van der Waals surface area contributed by atoms with E-state index in [0.717, 1.165) is 32.0 Å². The summed E-state index contributed by atoms with van der Waals surface area (Å²) in [4.78, 5) is 15.9. The van der Waals surface area contributed by atoms with Crippen molar-refractivity contribution in [2.24, 2.45) is 0 Å². The fraction of sp³-hybridized carbons (Fsp3) is 0.364. The van der Waals surface area contributed by atoms with Crippen molar-refractivity contribution in [3.63, 3.8) is 0 Å². The van der Waals surface area contributed by atoms with Gasteiger partial charge in [0, 0.05) is 62.6 Å². The third-order valence-electron chi connectivity index (χ3n) is 5.16. The minimum Gasteiger partial charge on any atom is -0.469 e. The van der Waals surface area contributed by atoms with Crippen LogP contribution in [0.25, 0.3) is 10.9 Å². The molecule has 0 radical (unpaired) electrons. The zero-order valence-corrected chi connectivity index (χ0v) is 18.9. The molecule has 31 heavy (non-hydrogen) atoms. The third kappa shape index (κ3) is 5.69. The number of hydrogen-bond donors (Lipinski definition) is 1. The van der Waals surface area contributed by atoms with Crippen LogP contribution >= 0.6 is 0 Å². The van der Waals surface area contributed by atoms with Crippen LogP contribution in [0.1, 0.15) is 23.2 Å². The van der Waals surface area contributed by atoms with E-state index in [1.54, 1.807) is 6.20 Å². The molecule has 0 spiro atoms. The fourth-order valence-corrected chi connectivity index (χ4v) is 4.11. The summed E-state index contributed by atoms with van der Waals surface area (Å²) in [5.41, 5.74) is 4.19. The lowest BCUT2D eigenvalue weighted by atomic mass is 10.1. The number of hydrogen-bond acceptors (Lipinski definition) is 5. The molecule has 2 heterocycles. The normalized spacial score (nSPS) is 11.9. The van der Waals surface area contributed by atoms with E-state index in [4.69, 9.17) is 4.74 Å². The molecular formula is C22H28N4O4S. The standard InChI is InChI=1S/C22H28N4O4S/c1-25(2)31(28,29)24-12-9-18-7-4-8-21-20(18)15-19(14-17-6-5-11-23-16-17)26(21)13-10-22(27)30-3/h4-8,11,15-16,24H,9-10,12-14H2,1-3H3. The maximum atomic E-state index is 12.0. The predicted molar refractivity (Wildman–Crippen MR) is 120 cm³/mol. The molecule has 1 N–H and O–H groups in total. The van der Waals surface area contributed by atoms with Crippen LogP contribution in [0.5, 0.6) is 0 Å². The van der Waals surface area contributed by atoms with Crippen molar-refractivity contribution in [3.05, 3.63) is 65.6 Å². The topological polar surface area (TPSA) is 93.5 Å². The average molecular weight is 445 g/mol. The Labute approximate surface area is 183 Å². The maximum absolute atomic E-state index is 12.0. The number of aromatic nitrogens is 2. The highest BCUT2D eigenvalue weighted by Crippen LogP contribution is 2.26. The smallest absolute Gasteiger partial charge is 0.307 e. The van der Waals surface area contributed by atoms with Gasteiger partial charge >= 0.3 is 5.97 Å². The number of carbonyl (C=O) groups excluding carboxylic acids is 1. The summed E-state index contributed by atoms with van der Waals surface area (Å²) >= 11 is 0. The van der Waals surface area contributed by atoms with Gasteiger partial charge < -0.3 is 9.30 Å². The van der Waals surface area contributed by atoms with Crippen molar-refractivity contribution in [1.82, 2.24) is 18.6 Å². The molecule has 0 bridgehead atoms. The van der Waals surface area contributed by atoms with E-state index in [1.165, 1.54) is 21.2 Å². The van der Waals surface area contributed by atoms with E-state index >= 15 is 0 Å². The number of ether oxygens (including phenoxy) is 1. The van der Waals surface area contributed by atoms with Gasteiger partial charge in [0.2, 0.25) is 0 Å². The molecule has 0 unspecified atom stereocenters. The molecule has 2 aromatic heterocycles. The Balaban J connectivity index is 1.92. The second kappa shape index (κ2) is 10.0. The molecule has 9 heteroatoms. The SMILES string of the molecule is COC(=O)CCn1c(Cc2cccnc2)cc2c(CCNS(=O)(=O)N(C)C)cccc21. The molecule has 166 valence electrons. The molecule has 0 aliphatic rings. The van der Waals surface area contributed by atoms with Crippen LogP contribution in [0.2, 0.25) is 0 Å². The van der Waals surface area contributed by atoms with E-state index in [0.29, 0.717) is 25.9 Å². The molecule has 0 amide bonds. The summed E-state index contributed by atoms with van der Waals surface area (Å²) in [6.45, 7) is 0.799. The first-order chi connectivity index (χ1) is 14.8. The molecule has 0 saturated carbocycles. The van der Waals surface area contributed by atoms with Crippen LogP contribution in [-0.4, -0.2) is 56.0 Å². The summed E-state index contributed by atoms with van der Waals surface area (Å²) in [5.74, 6) is -0.261. The fourth-order valence-electron chi connectivity index (χ4n) is 3.49. The number of fused-ring (bicyclic) bond motifs is 1. The number of benzene rings is 1. The summed E-state index contributed by atoms with van der Waals surface area (Å²) in [6, 6.07) is 12.0. The molecule has 0 atom stereocenters. The Kier molecular flexibility index (Phi) is 7.42. The number of carbonyl (C=O) groups is 1. The highest BCUT2D eigenvalue weighted by atomic mass is 32.2. The lowest BCUT2D eigenvalue weighted by Gasteiger charge is -2.13. The van der Waals surface area contributed by atoms with Gasteiger partial charge in [-0.25, -0.2) is 4.72 Å². The van der Waals surface area contributed by atoms with Gasteiger partial charge in [-0.3, -0.25) is 9.78 Å². The van der Waals surface area contributed by atoms with Crippen molar-refractivity contribution >= 4 is 27.1 Å². The Morgan fingerprint density at radius 1 is 1.23 bits per heavy atom. The first-order valence-corrected chi connectivity index (χ1v) is 11.5. The van der Waals surface area contributed by atoms with Gasteiger partial charge in [-0.1, -0.05) is 18.2 Å². The van der Waals surface area contributed by atoms with Crippen molar-refractivity contribution < 1.29 is 17.9 Å². The van der Waals surface area contributed by atoms with Gasteiger partial charge in [0.1, 0.15) is 0 Å². The van der Waals surface area contributed by atoms with Crippen molar-refractivity contribution in [3.8, 4) is 0 Å². The van der Waals surface area contributed by atoms with Crippen molar-refractivity contribution in [2.75, 3.05) is 27.7 Å². The summed E-state index contributed by atoms with van der Waals surface area (Å²) < 4.78 is 34.7. The molecule has 0 aliphatic carbocycles. The number of methoxy groups -OCH3 is 1. The van der Waals surface area contributed by atoms with Gasteiger partial charge in [-0.05, 0) is 35.7 Å². The second-order valence-corrected chi connectivity index (χ2v) is 9.40. The summed E-state index contributed by atoms with van der Waals surface area (Å²) in [6.07, 6.45) is 5.07. The number of rotatable bonds is 10. The van der Waals surface area contributed by atoms with Crippen LogP contribution in [0, 0.1) is 0 Å². The average Bonchev–Trinajstić information content (AvgIpc) is 3.10. The van der Waals surface area contributed by atoms with Crippen LogP contribution in [0.15, 0.2) is 48.8 Å². The van der Waals surface area contributed by atoms with Crippen molar-refractivity contribution in [2.45, 2.75) is 25.8 Å². The zero-order valence-electron chi connectivity index (χ0n) is 18.0. The molecule has 0 fully saturated rings. The Bertz CT molecular complexity index is 1140. The molecule has 3 rings (SSSR count). The minimum atomic E-state index is -3.47. The Hall–Kier alpha value is -2.75. The van der Waals surface area contributed by atoms with Crippen LogP contribution in [-0.2, 0) is 39.1 Å². The summed E-state index contributed by atoms with van der Waals surface area (Å²) in [5, 5.41) is 1.05. The van der Waals surface area contributed by atoms with Gasteiger partial charge in [0.05, 0.1) is 13.5 Å². The van der Waals surface area contributed by atoms with Gasteiger partial charge in [0.25, 0.3) is 10.2 Å². The van der Waals surface area contributed by atoms with Crippen molar-refractivity contribution in [1.29, 1.82) is 0 Å². The number of esters is 1. The Morgan fingerprint density at radius 3 is 2.71 bits per heavy atom. The van der Waals surface area contributed by atoms with Gasteiger partial charge in [-0.15, -0.1) is 0 Å². The lowest BCUT2D eigenvalue weighted by molar-refractivity contribution is -0.140. The third-order valence-corrected chi connectivity index (χ3v) is 6.69. The van der Waals surface area contributed by atoms with E-state index < -0.39 is 10.2 Å². The molecule has 3 aromatic rings.